The van der Waals surface area contributed by atoms with Crippen LogP contribution in [0.5, 0.6) is 5.75 Å². The van der Waals surface area contributed by atoms with Crippen molar-refractivity contribution in [2.75, 3.05) is 17.7 Å². The molecule has 1 heterocycles. The van der Waals surface area contributed by atoms with Gasteiger partial charge >= 0.3 is 0 Å². The number of nitrogens with one attached hydrogen (secondary N) is 3. The molecule has 0 saturated carbocycles. The van der Waals surface area contributed by atoms with Gasteiger partial charge in [0.05, 0.1) is 12.0 Å². The van der Waals surface area contributed by atoms with Gasteiger partial charge in [-0.1, -0.05) is 12.1 Å². The Balaban J connectivity index is 1.71. The first-order chi connectivity index (χ1) is 15.2. The number of hydrogen-bond donors (Lipinski definition) is 3. The number of rotatable bonds is 5. The van der Waals surface area contributed by atoms with E-state index in [0.29, 0.717) is 16.3 Å². The standard InChI is InChI=1S/C20H13F4N3O3S2/c1-30-17-15(23)13(21)12(14(22)16(17)24)19(29)27-20(31)26-10-5-2-4-9(8-10)25-18(28)11-6-3-7-32-11/h2-8H,1H3,(H,25,28)(H2,26,27,29,31). The fourth-order valence-corrected chi connectivity index (χ4v) is 3.42. The molecule has 0 atom stereocenters. The van der Waals surface area contributed by atoms with Gasteiger partial charge in [-0.25, -0.2) is 8.78 Å². The molecule has 0 aliphatic heterocycles. The number of halogens is 4. The van der Waals surface area contributed by atoms with Gasteiger partial charge in [0.1, 0.15) is 5.56 Å². The molecule has 12 heteroatoms. The summed E-state index contributed by atoms with van der Waals surface area (Å²) in [5.41, 5.74) is -0.784. The number of hydrogen-bond acceptors (Lipinski definition) is 5. The van der Waals surface area contributed by atoms with Crippen LogP contribution in [0.1, 0.15) is 20.0 Å². The van der Waals surface area contributed by atoms with Crippen LogP contribution >= 0.6 is 23.6 Å². The Bertz CT molecular complexity index is 1170. The molecule has 3 N–H and O–H groups in total. The lowest BCUT2D eigenvalue weighted by molar-refractivity contribution is 0.0965. The van der Waals surface area contributed by atoms with Crippen molar-refractivity contribution in [3.05, 3.63) is 75.5 Å². The van der Waals surface area contributed by atoms with Crippen LogP contribution in [-0.2, 0) is 0 Å². The smallest absolute Gasteiger partial charge is 0.265 e. The predicted octanol–water partition coefficient (Wildman–Crippen LogP) is 4.69. The first-order valence-electron chi connectivity index (χ1n) is 8.70. The molecule has 2 amide bonds. The highest BCUT2D eigenvalue weighted by atomic mass is 32.1. The first kappa shape index (κ1) is 23.2. The molecule has 0 bridgehead atoms. The van der Waals surface area contributed by atoms with Gasteiger partial charge in [0.15, 0.2) is 22.5 Å². The molecule has 2 aromatic carbocycles. The van der Waals surface area contributed by atoms with E-state index in [2.05, 4.69) is 15.4 Å². The minimum Gasteiger partial charge on any atom is -0.491 e. The molecule has 0 aliphatic rings. The zero-order valence-electron chi connectivity index (χ0n) is 16.1. The van der Waals surface area contributed by atoms with Crippen LogP contribution in [0.2, 0.25) is 0 Å². The lowest BCUT2D eigenvalue weighted by Gasteiger charge is -2.13. The van der Waals surface area contributed by atoms with E-state index in [0.717, 1.165) is 7.11 Å². The van der Waals surface area contributed by atoms with Crippen molar-refractivity contribution in [1.82, 2.24) is 5.32 Å². The van der Waals surface area contributed by atoms with Crippen molar-refractivity contribution in [1.29, 1.82) is 0 Å². The van der Waals surface area contributed by atoms with E-state index in [-0.39, 0.29) is 5.91 Å². The number of thiocarbonyl (C=S) groups is 1. The number of amides is 2. The number of methoxy groups -OCH3 is 1. The van der Waals surface area contributed by atoms with Crippen molar-refractivity contribution in [2.45, 2.75) is 0 Å². The Hall–Kier alpha value is -3.51. The molecule has 0 spiro atoms. The van der Waals surface area contributed by atoms with Crippen molar-refractivity contribution in [3.63, 3.8) is 0 Å². The zero-order chi connectivity index (χ0) is 23.4. The lowest BCUT2D eigenvalue weighted by Crippen LogP contribution is -2.35. The summed E-state index contributed by atoms with van der Waals surface area (Å²) in [6.45, 7) is 0. The Kier molecular flexibility index (Phi) is 7.05. The second-order valence-electron chi connectivity index (χ2n) is 6.08. The molecule has 0 aliphatic carbocycles. The second-order valence-corrected chi connectivity index (χ2v) is 7.44. The molecule has 3 aromatic rings. The van der Waals surface area contributed by atoms with E-state index in [1.54, 1.807) is 29.6 Å². The Morgan fingerprint density at radius 2 is 1.53 bits per heavy atom. The van der Waals surface area contributed by atoms with Gasteiger partial charge in [-0.3, -0.25) is 14.9 Å². The number of carbonyl (C=O) groups excluding carboxylic acids is 2. The van der Waals surface area contributed by atoms with E-state index in [4.69, 9.17) is 12.2 Å². The molecule has 0 saturated heterocycles. The number of anilines is 2. The highest BCUT2D eigenvalue weighted by molar-refractivity contribution is 7.80. The van der Waals surface area contributed by atoms with Crippen molar-refractivity contribution in [2.24, 2.45) is 0 Å². The van der Waals surface area contributed by atoms with Crippen LogP contribution in [0.15, 0.2) is 41.8 Å². The molecule has 3 rings (SSSR count). The van der Waals surface area contributed by atoms with E-state index in [1.807, 2.05) is 5.32 Å². The molecule has 1 aromatic heterocycles. The molecule has 6 nitrogen and oxygen atoms in total. The van der Waals surface area contributed by atoms with Gasteiger partial charge in [-0.2, -0.15) is 8.78 Å². The van der Waals surface area contributed by atoms with Gasteiger partial charge in [-0.15, -0.1) is 11.3 Å². The SMILES string of the molecule is COc1c(F)c(F)c(C(=O)NC(=S)Nc2cccc(NC(=O)c3cccs3)c2)c(F)c1F. The summed E-state index contributed by atoms with van der Waals surface area (Å²) in [5, 5.41) is 8.53. The molecular formula is C20H13F4N3O3S2. The van der Waals surface area contributed by atoms with Gasteiger partial charge in [0, 0.05) is 11.4 Å². The highest BCUT2D eigenvalue weighted by Crippen LogP contribution is 2.29. The monoisotopic (exact) mass is 483 g/mol. The topological polar surface area (TPSA) is 79.5 Å². The average Bonchev–Trinajstić information content (AvgIpc) is 3.28. The molecule has 0 fully saturated rings. The van der Waals surface area contributed by atoms with Crippen molar-refractivity contribution < 1.29 is 31.9 Å². The van der Waals surface area contributed by atoms with Crippen LogP contribution in [0.25, 0.3) is 0 Å². The number of benzene rings is 2. The summed E-state index contributed by atoms with van der Waals surface area (Å²) in [6.07, 6.45) is 0. The minimum atomic E-state index is -1.93. The van der Waals surface area contributed by atoms with Gasteiger partial charge in [-0.05, 0) is 41.9 Å². The summed E-state index contributed by atoms with van der Waals surface area (Å²) >= 11 is 6.18. The summed E-state index contributed by atoms with van der Waals surface area (Å²) in [7, 11) is 0.816. The van der Waals surface area contributed by atoms with Crippen molar-refractivity contribution >= 4 is 51.9 Å². The fourth-order valence-electron chi connectivity index (χ4n) is 2.59. The van der Waals surface area contributed by atoms with Crippen molar-refractivity contribution in [3.8, 4) is 5.75 Å². The highest BCUT2D eigenvalue weighted by Gasteiger charge is 2.30. The van der Waals surface area contributed by atoms with E-state index in [9.17, 15) is 27.2 Å². The Morgan fingerprint density at radius 3 is 2.09 bits per heavy atom. The predicted molar refractivity (Wildman–Crippen MR) is 115 cm³/mol. The third kappa shape index (κ3) is 4.86. The summed E-state index contributed by atoms with van der Waals surface area (Å²) in [5.74, 6) is -10.7. The van der Waals surface area contributed by atoms with Crippen LogP contribution < -0.4 is 20.7 Å². The number of thiophene rings is 1. The molecule has 0 unspecified atom stereocenters. The third-order valence-corrected chi connectivity index (χ3v) is 5.08. The summed E-state index contributed by atoms with van der Waals surface area (Å²) in [4.78, 5) is 24.8. The van der Waals surface area contributed by atoms with Crippen LogP contribution in [0.4, 0.5) is 28.9 Å². The number of carbonyl (C=O) groups is 2. The van der Waals surface area contributed by atoms with Crippen LogP contribution in [0, 0.1) is 23.3 Å². The van der Waals surface area contributed by atoms with Gasteiger partial charge in [0.2, 0.25) is 11.6 Å². The molecule has 166 valence electrons. The second kappa shape index (κ2) is 9.75. The normalized spacial score (nSPS) is 10.4. The first-order valence-corrected chi connectivity index (χ1v) is 9.99. The molecule has 32 heavy (non-hydrogen) atoms. The summed E-state index contributed by atoms with van der Waals surface area (Å²) in [6, 6.07) is 9.57. The Labute approximate surface area is 188 Å². The third-order valence-electron chi connectivity index (χ3n) is 4.00. The zero-order valence-corrected chi connectivity index (χ0v) is 17.7. The van der Waals surface area contributed by atoms with Crippen LogP contribution in [-0.4, -0.2) is 24.0 Å². The Morgan fingerprint density at radius 1 is 0.906 bits per heavy atom. The lowest BCUT2D eigenvalue weighted by atomic mass is 10.1. The van der Waals surface area contributed by atoms with Crippen LogP contribution in [0.3, 0.4) is 0 Å². The van der Waals surface area contributed by atoms with E-state index >= 15 is 0 Å². The maximum atomic E-state index is 14.1. The average molecular weight is 483 g/mol. The van der Waals surface area contributed by atoms with E-state index in [1.165, 1.54) is 23.5 Å². The minimum absolute atomic E-state index is 0.312. The molecule has 0 radical (unpaired) electrons. The fraction of sp³-hybridized carbons (Fsp3) is 0.0500. The maximum Gasteiger partial charge on any atom is 0.265 e. The maximum absolute atomic E-state index is 14.1. The van der Waals surface area contributed by atoms with E-state index < -0.39 is 45.6 Å². The summed E-state index contributed by atoms with van der Waals surface area (Å²) < 4.78 is 60.1. The van der Waals surface area contributed by atoms with Gasteiger partial charge < -0.3 is 15.4 Å². The largest absolute Gasteiger partial charge is 0.491 e. The molecular weight excluding hydrogens is 470 g/mol. The number of ether oxygens (including phenoxy) is 1. The quantitative estimate of drug-likeness (QED) is 0.279. The van der Waals surface area contributed by atoms with Gasteiger partial charge in [0.25, 0.3) is 11.8 Å².